The summed E-state index contributed by atoms with van der Waals surface area (Å²) in [5, 5.41) is 6.57. The molecule has 31 heavy (non-hydrogen) atoms. The summed E-state index contributed by atoms with van der Waals surface area (Å²) in [6.07, 6.45) is 1.50. The Morgan fingerprint density at radius 1 is 0.968 bits per heavy atom. The van der Waals surface area contributed by atoms with Crippen molar-refractivity contribution in [2.24, 2.45) is 5.16 Å². The van der Waals surface area contributed by atoms with Gasteiger partial charge in [0.05, 0.1) is 19.9 Å². The average Bonchev–Trinajstić information content (AvgIpc) is 2.80. The third kappa shape index (κ3) is 6.78. The molecule has 0 aliphatic heterocycles. The molecule has 3 aromatic carbocycles. The van der Waals surface area contributed by atoms with Gasteiger partial charge < -0.3 is 24.4 Å². The quantitative estimate of drug-likeness (QED) is 0.374. The Hall–Kier alpha value is -4.00. The number of anilines is 1. The molecule has 7 heteroatoms. The van der Waals surface area contributed by atoms with Gasteiger partial charge in [-0.15, -0.1) is 0 Å². The fraction of sp³-hybridized carbons (Fsp3) is 0.167. The van der Waals surface area contributed by atoms with Gasteiger partial charge in [-0.3, -0.25) is 4.79 Å². The monoisotopic (exact) mass is 420 g/mol. The molecule has 0 aromatic heterocycles. The van der Waals surface area contributed by atoms with Crippen molar-refractivity contribution in [3.63, 3.8) is 0 Å². The van der Waals surface area contributed by atoms with Crippen LogP contribution >= 0.6 is 0 Å². The molecule has 0 heterocycles. The first-order valence-corrected chi connectivity index (χ1v) is 9.77. The third-order valence-electron chi connectivity index (χ3n) is 4.08. The second-order valence-electron chi connectivity index (χ2n) is 6.34. The Morgan fingerprint density at radius 2 is 1.71 bits per heavy atom. The lowest BCUT2D eigenvalue weighted by Crippen LogP contribution is -2.16. The van der Waals surface area contributed by atoms with Crippen molar-refractivity contribution < 1.29 is 23.8 Å². The van der Waals surface area contributed by atoms with E-state index < -0.39 is 0 Å². The Kier molecular flexibility index (Phi) is 7.88. The molecule has 0 bridgehead atoms. The standard InChI is InChI=1S/C24H24N2O5/c1-3-29-22-14-9-18(15-23(22)28-2)16-25-30-17-24(27)26-19-10-12-21(13-11-19)31-20-7-5-4-6-8-20/h4-16H,3,17H2,1-2H3,(H,26,27)/b25-16+. The van der Waals surface area contributed by atoms with Gasteiger partial charge in [0, 0.05) is 11.3 Å². The zero-order valence-electron chi connectivity index (χ0n) is 17.4. The molecule has 7 nitrogen and oxygen atoms in total. The zero-order valence-corrected chi connectivity index (χ0v) is 17.4. The number of nitrogens with zero attached hydrogens (tertiary/aromatic N) is 1. The minimum absolute atomic E-state index is 0.215. The van der Waals surface area contributed by atoms with E-state index in [-0.39, 0.29) is 12.5 Å². The Labute approximate surface area is 181 Å². The highest BCUT2D eigenvalue weighted by molar-refractivity contribution is 5.91. The SMILES string of the molecule is CCOc1ccc(/C=N/OCC(=O)Nc2ccc(Oc3ccccc3)cc2)cc1OC. The molecule has 160 valence electrons. The zero-order chi connectivity index (χ0) is 21.9. The topological polar surface area (TPSA) is 78.4 Å². The van der Waals surface area contributed by atoms with E-state index >= 15 is 0 Å². The normalized spacial score (nSPS) is 10.5. The summed E-state index contributed by atoms with van der Waals surface area (Å²) in [6, 6.07) is 21.9. The van der Waals surface area contributed by atoms with Crippen LogP contribution < -0.4 is 19.5 Å². The van der Waals surface area contributed by atoms with E-state index in [1.807, 2.05) is 43.3 Å². The van der Waals surface area contributed by atoms with Gasteiger partial charge in [0.1, 0.15) is 11.5 Å². The number of para-hydroxylation sites is 1. The van der Waals surface area contributed by atoms with E-state index in [1.165, 1.54) is 6.21 Å². The molecule has 0 radical (unpaired) electrons. The lowest BCUT2D eigenvalue weighted by Gasteiger charge is -2.09. The lowest BCUT2D eigenvalue weighted by molar-refractivity contribution is -0.120. The van der Waals surface area contributed by atoms with Gasteiger partial charge in [0.2, 0.25) is 0 Å². The summed E-state index contributed by atoms with van der Waals surface area (Å²) >= 11 is 0. The van der Waals surface area contributed by atoms with Gasteiger partial charge >= 0.3 is 0 Å². The summed E-state index contributed by atoms with van der Waals surface area (Å²) in [6.45, 7) is 2.23. The summed E-state index contributed by atoms with van der Waals surface area (Å²) < 4.78 is 16.5. The summed E-state index contributed by atoms with van der Waals surface area (Å²) in [5.41, 5.74) is 1.39. The number of carbonyl (C=O) groups excluding carboxylic acids is 1. The molecule has 0 aliphatic rings. The van der Waals surface area contributed by atoms with Crippen LogP contribution in [0.15, 0.2) is 78.0 Å². The number of oxime groups is 1. The maximum atomic E-state index is 12.0. The van der Waals surface area contributed by atoms with E-state index in [1.54, 1.807) is 43.5 Å². The summed E-state index contributed by atoms with van der Waals surface area (Å²) in [4.78, 5) is 17.1. The van der Waals surface area contributed by atoms with Gasteiger partial charge in [-0.1, -0.05) is 23.4 Å². The van der Waals surface area contributed by atoms with Crippen molar-refractivity contribution in [3.05, 3.63) is 78.4 Å². The predicted octanol–water partition coefficient (Wildman–Crippen LogP) is 4.88. The van der Waals surface area contributed by atoms with Crippen molar-refractivity contribution in [2.75, 3.05) is 25.6 Å². The van der Waals surface area contributed by atoms with Crippen LogP contribution in [0, 0.1) is 0 Å². The average molecular weight is 420 g/mol. The molecule has 0 saturated heterocycles. The molecule has 3 aromatic rings. The molecule has 1 N–H and O–H groups in total. The number of benzene rings is 3. The first-order valence-electron chi connectivity index (χ1n) is 9.77. The van der Waals surface area contributed by atoms with Gasteiger partial charge in [-0.05, 0) is 61.5 Å². The van der Waals surface area contributed by atoms with Crippen molar-refractivity contribution >= 4 is 17.8 Å². The van der Waals surface area contributed by atoms with Crippen LogP contribution in [0.2, 0.25) is 0 Å². The molecular formula is C24H24N2O5. The van der Waals surface area contributed by atoms with Crippen LogP contribution in [0.3, 0.4) is 0 Å². The second kappa shape index (κ2) is 11.3. The smallest absolute Gasteiger partial charge is 0.265 e. The molecule has 3 rings (SSSR count). The number of rotatable bonds is 10. The fourth-order valence-corrected chi connectivity index (χ4v) is 2.66. The molecular weight excluding hydrogens is 396 g/mol. The number of hydrogen-bond donors (Lipinski definition) is 1. The number of nitrogens with one attached hydrogen (secondary N) is 1. The molecule has 0 spiro atoms. The van der Waals surface area contributed by atoms with Crippen molar-refractivity contribution in [3.8, 4) is 23.0 Å². The Morgan fingerprint density at radius 3 is 2.42 bits per heavy atom. The lowest BCUT2D eigenvalue weighted by atomic mass is 10.2. The van der Waals surface area contributed by atoms with Crippen LogP contribution in [0.1, 0.15) is 12.5 Å². The Bertz CT molecular complexity index is 1000. The molecule has 0 fully saturated rings. The van der Waals surface area contributed by atoms with E-state index in [4.69, 9.17) is 19.0 Å². The molecule has 0 atom stereocenters. The van der Waals surface area contributed by atoms with Crippen LogP contribution in [-0.2, 0) is 9.63 Å². The van der Waals surface area contributed by atoms with Crippen molar-refractivity contribution in [1.29, 1.82) is 0 Å². The highest BCUT2D eigenvalue weighted by Gasteiger charge is 2.05. The Balaban J connectivity index is 1.46. The number of hydrogen-bond acceptors (Lipinski definition) is 6. The van der Waals surface area contributed by atoms with E-state index in [0.29, 0.717) is 29.5 Å². The third-order valence-corrected chi connectivity index (χ3v) is 4.08. The highest BCUT2D eigenvalue weighted by Crippen LogP contribution is 2.27. The minimum Gasteiger partial charge on any atom is -0.493 e. The van der Waals surface area contributed by atoms with E-state index in [9.17, 15) is 4.79 Å². The first-order chi connectivity index (χ1) is 15.2. The number of ether oxygens (including phenoxy) is 3. The number of amides is 1. The first kappa shape index (κ1) is 21.7. The van der Waals surface area contributed by atoms with Crippen LogP contribution in [0.4, 0.5) is 5.69 Å². The van der Waals surface area contributed by atoms with Crippen molar-refractivity contribution in [2.45, 2.75) is 6.92 Å². The molecule has 0 unspecified atom stereocenters. The molecule has 0 saturated carbocycles. The van der Waals surface area contributed by atoms with Crippen LogP contribution in [0.25, 0.3) is 0 Å². The van der Waals surface area contributed by atoms with Gasteiger partial charge in [-0.25, -0.2) is 0 Å². The number of methoxy groups -OCH3 is 1. The van der Waals surface area contributed by atoms with Crippen LogP contribution in [0.5, 0.6) is 23.0 Å². The van der Waals surface area contributed by atoms with E-state index in [2.05, 4.69) is 10.5 Å². The highest BCUT2D eigenvalue weighted by atomic mass is 16.6. The summed E-state index contributed by atoms with van der Waals surface area (Å²) in [7, 11) is 1.57. The van der Waals surface area contributed by atoms with Gasteiger partial charge in [0.15, 0.2) is 18.1 Å². The van der Waals surface area contributed by atoms with E-state index in [0.717, 1.165) is 11.3 Å². The maximum Gasteiger partial charge on any atom is 0.265 e. The van der Waals surface area contributed by atoms with Crippen LogP contribution in [-0.4, -0.2) is 32.4 Å². The van der Waals surface area contributed by atoms with Crippen molar-refractivity contribution in [1.82, 2.24) is 0 Å². The minimum atomic E-state index is -0.321. The van der Waals surface area contributed by atoms with Gasteiger partial charge in [0.25, 0.3) is 5.91 Å². The fourth-order valence-electron chi connectivity index (χ4n) is 2.66. The molecule has 0 aliphatic carbocycles. The largest absolute Gasteiger partial charge is 0.493 e. The van der Waals surface area contributed by atoms with Gasteiger partial charge in [-0.2, -0.15) is 0 Å². The second-order valence-corrected chi connectivity index (χ2v) is 6.34. The maximum absolute atomic E-state index is 12.0. The predicted molar refractivity (Wildman–Crippen MR) is 119 cm³/mol. The molecule has 1 amide bonds. The summed E-state index contributed by atoms with van der Waals surface area (Å²) in [5.74, 6) is 2.36. The number of carbonyl (C=O) groups is 1.